The Kier molecular flexibility index (Phi) is 7.13. The van der Waals surface area contributed by atoms with Gasteiger partial charge in [-0.3, -0.25) is 0 Å². The molecule has 0 unspecified atom stereocenters. The Balaban J connectivity index is 3.13. The number of hydrogen-bond donors (Lipinski definition) is 0. The van der Waals surface area contributed by atoms with E-state index in [-0.39, 0.29) is 6.61 Å². The molecule has 0 aromatic carbocycles. The molecule has 1 aliphatic heterocycles. The van der Waals surface area contributed by atoms with Gasteiger partial charge < -0.3 is 23.7 Å². The van der Waals surface area contributed by atoms with Crippen molar-refractivity contribution in [1.29, 1.82) is 0 Å². The van der Waals surface area contributed by atoms with Crippen LogP contribution in [0.2, 0.25) is 0 Å². The van der Waals surface area contributed by atoms with Crippen molar-refractivity contribution in [2.24, 2.45) is 0 Å². The number of ether oxygens (including phenoxy) is 5. The third-order valence-electron chi connectivity index (χ3n) is 3.24. The fourth-order valence-electron chi connectivity index (χ4n) is 2.33. The number of sulfone groups is 1. The Morgan fingerprint density at radius 1 is 1.00 bits per heavy atom. The summed E-state index contributed by atoms with van der Waals surface area (Å²) in [6.45, 7) is 0.170. The minimum Gasteiger partial charge on any atom is -0.382 e. The fourth-order valence-corrected chi connectivity index (χ4v) is 3.81. The molecule has 20 heavy (non-hydrogen) atoms. The van der Waals surface area contributed by atoms with Gasteiger partial charge in [0.1, 0.15) is 29.6 Å². The third kappa shape index (κ3) is 3.62. The molecule has 1 rings (SSSR count). The SMILES string of the molecule is COC[C@H]1O[C@@H](S(=O)(=O)CCl)[C@H](OC)[C@@H](OC)[C@H]1OC. The number of rotatable bonds is 7. The second-order valence-electron chi connectivity index (χ2n) is 4.37. The zero-order valence-corrected chi connectivity index (χ0v) is 13.5. The summed E-state index contributed by atoms with van der Waals surface area (Å²) < 4.78 is 50.7. The average Bonchev–Trinajstić information content (AvgIpc) is 2.45. The van der Waals surface area contributed by atoms with Gasteiger partial charge in [-0.2, -0.15) is 0 Å². The molecule has 0 N–H and O–H groups in total. The quantitative estimate of drug-likeness (QED) is 0.608. The van der Waals surface area contributed by atoms with Crippen molar-refractivity contribution in [1.82, 2.24) is 0 Å². The second-order valence-corrected chi connectivity index (χ2v) is 7.03. The number of alkyl halides is 1. The van der Waals surface area contributed by atoms with Crippen LogP contribution in [0.25, 0.3) is 0 Å². The molecule has 1 fully saturated rings. The number of halogens is 1. The Bertz CT molecular complexity index is 388. The van der Waals surface area contributed by atoms with Crippen molar-refractivity contribution < 1.29 is 32.1 Å². The van der Waals surface area contributed by atoms with Crippen LogP contribution in [-0.2, 0) is 33.5 Å². The van der Waals surface area contributed by atoms with E-state index in [1.807, 2.05) is 0 Å². The first-order valence-electron chi connectivity index (χ1n) is 5.97. The van der Waals surface area contributed by atoms with Crippen LogP contribution in [0.3, 0.4) is 0 Å². The predicted molar refractivity (Wildman–Crippen MR) is 72.6 cm³/mol. The Labute approximate surface area is 124 Å². The van der Waals surface area contributed by atoms with Crippen LogP contribution < -0.4 is 0 Å². The van der Waals surface area contributed by atoms with Crippen LogP contribution >= 0.6 is 11.6 Å². The van der Waals surface area contributed by atoms with Crippen molar-refractivity contribution in [2.45, 2.75) is 29.9 Å². The van der Waals surface area contributed by atoms with E-state index in [0.29, 0.717) is 0 Å². The van der Waals surface area contributed by atoms with Crippen LogP contribution in [-0.4, -0.2) is 78.5 Å². The van der Waals surface area contributed by atoms with Crippen molar-refractivity contribution in [3.05, 3.63) is 0 Å². The number of methoxy groups -OCH3 is 4. The molecule has 0 bridgehead atoms. The molecular weight excluding hydrogens is 312 g/mol. The van der Waals surface area contributed by atoms with E-state index in [1.54, 1.807) is 0 Å². The topological polar surface area (TPSA) is 80.3 Å². The molecule has 0 radical (unpaired) electrons. The van der Waals surface area contributed by atoms with Gasteiger partial charge in [-0.1, -0.05) is 0 Å². The summed E-state index contributed by atoms with van der Waals surface area (Å²) in [6, 6.07) is 0. The van der Waals surface area contributed by atoms with E-state index in [4.69, 9.17) is 35.3 Å². The summed E-state index contributed by atoms with van der Waals surface area (Å²) in [6.07, 6.45) is -2.54. The fraction of sp³-hybridized carbons (Fsp3) is 1.00. The minimum absolute atomic E-state index is 0.170. The summed E-state index contributed by atoms with van der Waals surface area (Å²) in [5.74, 6) is 0. The molecule has 5 atom stereocenters. The van der Waals surface area contributed by atoms with E-state index in [2.05, 4.69) is 0 Å². The number of hydrogen-bond acceptors (Lipinski definition) is 7. The Morgan fingerprint density at radius 3 is 1.95 bits per heavy atom. The zero-order chi connectivity index (χ0) is 15.3. The van der Waals surface area contributed by atoms with Gasteiger partial charge in [0.2, 0.25) is 0 Å². The molecule has 9 heteroatoms. The largest absolute Gasteiger partial charge is 0.382 e. The second kappa shape index (κ2) is 7.88. The highest BCUT2D eigenvalue weighted by atomic mass is 35.5. The van der Waals surface area contributed by atoms with Crippen molar-refractivity contribution in [2.75, 3.05) is 40.3 Å². The van der Waals surface area contributed by atoms with Crippen molar-refractivity contribution in [3.8, 4) is 0 Å². The molecule has 120 valence electrons. The first-order chi connectivity index (χ1) is 9.46. The van der Waals surface area contributed by atoms with Gasteiger partial charge >= 0.3 is 0 Å². The highest BCUT2D eigenvalue weighted by Crippen LogP contribution is 2.30. The van der Waals surface area contributed by atoms with E-state index < -0.39 is 44.9 Å². The maximum Gasteiger partial charge on any atom is 0.193 e. The normalized spacial score (nSPS) is 35.1. The molecule has 1 saturated heterocycles. The van der Waals surface area contributed by atoms with Gasteiger partial charge in [0.05, 0.1) is 6.61 Å². The molecule has 0 spiro atoms. The molecule has 0 aliphatic carbocycles. The summed E-state index contributed by atoms with van der Waals surface area (Å²) in [5.41, 5.74) is -1.22. The average molecular weight is 333 g/mol. The highest BCUT2D eigenvalue weighted by Gasteiger charge is 2.51. The predicted octanol–water partition coefficient (Wildman–Crippen LogP) is 0.0138. The molecular formula is C11H21ClO7S. The van der Waals surface area contributed by atoms with Crippen LogP contribution in [0.1, 0.15) is 0 Å². The van der Waals surface area contributed by atoms with E-state index in [9.17, 15) is 8.42 Å². The monoisotopic (exact) mass is 332 g/mol. The van der Waals surface area contributed by atoms with E-state index in [1.165, 1.54) is 28.4 Å². The standard InChI is InChI=1S/C11H21ClO7S/c1-15-5-7-8(16-2)9(17-3)10(18-4)11(19-7)20(13,14)6-12/h7-11H,5-6H2,1-4H3/t7-,8+,9+,10-,11+/m1/s1. The first-order valence-corrected chi connectivity index (χ1v) is 8.22. The molecule has 0 aromatic heterocycles. The van der Waals surface area contributed by atoms with Crippen molar-refractivity contribution >= 4 is 21.4 Å². The van der Waals surface area contributed by atoms with Gasteiger partial charge in [-0.25, -0.2) is 8.42 Å². The summed E-state index contributed by atoms with van der Waals surface area (Å²) >= 11 is 5.51. The van der Waals surface area contributed by atoms with Crippen LogP contribution in [0.15, 0.2) is 0 Å². The van der Waals surface area contributed by atoms with Gasteiger partial charge in [-0.05, 0) is 0 Å². The molecule has 7 nitrogen and oxygen atoms in total. The van der Waals surface area contributed by atoms with Gasteiger partial charge in [0, 0.05) is 28.4 Å². The Morgan fingerprint density at radius 2 is 1.55 bits per heavy atom. The van der Waals surface area contributed by atoms with Crippen molar-refractivity contribution in [3.63, 3.8) is 0 Å². The van der Waals surface area contributed by atoms with Gasteiger partial charge in [0.15, 0.2) is 15.3 Å². The van der Waals surface area contributed by atoms with E-state index >= 15 is 0 Å². The zero-order valence-electron chi connectivity index (χ0n) is 11.9. The lowest BCUT2D eigenvalue weighted by Crippen LogP contribution is -2.62. The molecule has 0 saturated carbocycles. The van der Waals surface area contributed by atoms with Gasteiger partial charge in [-0.15, -0.1) is 11.6 Å². The highest BCUT2D eigenvalue weighted by molar-refractivity contribution is 7.93. The molecule has 0 amide bonds. The first kappa shape index (κ1) is 18.1. The molecule has 0 aromatic rings. The maximum absolute atomic E-state index is 12.1. The summed E-state index contributed by atoms with van der Waals surface area (Å²) in [4.78, 5) is 0. The minimum atomic E-state index is -3.68. The van der Waals surface area contributed by atoms with E-state index in [0.717, 1.165) is 0 Å². The van der Waals surface area contributed by atoms with Gasteiger partial charge in [0.25, 0.3) is 0 Å². The smallest absolute Gasteiger partial charge is 0.193 e. The summed E-state index contributed by atoms with van der Waals surface area (Å²) in [5, 5.41) is -0.564. The lowest BCUT2D eigenvalue weighted by molar-refractivity contribution is -0.230. The lowest BCUT2D eigenvalue weighted by Gasteiger charge is -2.44. The van der Waals surface area contributed by atoms with Crippen LogP contribution in [0.5, 0.6) is 0 Å². The maximum atomic E-state index is 12.1. The lowest BCUT2D eigenvalue weighted by atomic mass is 9.99. The van der Waals surface area contributed by atoms with Crippen LogP contribution in [0, 0.1) is 0 Å². The summed E-state index contributed by atoms with van der Waals surface area (Å²) in [7, 11) is 2.15. The molecule has 1 aliphatic rings. The Hall–Kier alpha value is 0.0400. The van der Waals surface area contributed by atoms with Crippen LogP contribution in [0.4, 0.5) is 0 Å². The molecule has 1 heterocycles. The third-order valence-corrected chi connectivity index (χ3v) is 5.55.